The number of benzene rings is 1. The van der Waals surface area contributed by atoms with Crippen LogP contribution in [0.5, 0.6) is 0 Å². The fourth-order valence-corrected chi connectivity index (χ4v) is 3.53. The molecule has 1 aromatic carbocycles. The number of nitrogens with one attached hydrogen (secondary N) is 1. The van der Waals surface area contributed by atoms with Gasteiger partial charge in [0.05, 0.1) is 0 Å². The molecule has 3 rings (SSSR count). The summed E-state index contributed by atoms with van der Waals surface area (Å²) in [5.41, 5.74) is 2.72. The second-order valence-electron chi connectivity index (χ2n) is 5.95. The Morgan fingerprint density at radius 2 is 2.05 bits per heavy atom. The molecule has 2 fully saturated rings. The fraction of sp³-hybridized carbons (Fsp3) is 0.625. The molecule has 0 unspecified atom stereocenters. The summed E-state index contributed by atoms with van der Waals surface area (Å²) >= 11 is 6.51. The van der Waals surface area contributed by atoms with E-state index in [-0.39, 0.29) is 0 Å². The minimum atomic E-state index is 0.517. The van der Waals surface area contributed by atoms with Crippen molar-refractivity contribution >= 4 is 11.6 Å². The van der Waals surface area contributed by atoms with E-state index in [9.17, 15) is 0 Å². The Labute approximate surface area is 121 Å². The molecule has 0 bridgehead atoms. The van der Waals surface area contributed by atoms with E-state index < -0.39 is 0 Å². The minimum absolute atomic E-state index is 0.517. The average Bonchev–Trinajstić information content (AvgIpc) is 3.22. The summed E-state index contributed by atoms with van der Waals surface area (Å²) in [4.78, 5) is 2.63. The molecular weight excluding hydrogens is 256 g/mol. The van der Waals surface area contributed by atoms with Crippen LogP contribution in [0, 0.1) is 12.8 Å². The summed E-state index contributed by atoms with van der Waals surface area (Å²) in [6.45, 7) is 6.68. The molecule has 1 saturated heterocycles. The predicted molar refractivity (Wildman–Crippen MR) is 80.7 cm³/mol. The maximum Gasteiger partial charge on any atom is 0.0456 e. The molecular formula is C16H23ClN2. The van der Waals surface area contributed by atoms with Gasteiger partial charge in [-0.3, -0.25) is 4.90 Å². The predicted octanol–water partition coefficient (Wildman–Crippen LogP) is 3.39. The van der Waals surface area contributed by atoms with Crippen molar-refractivity contribution in [1.29, 1.82) is 0 Å². The average molecular weight is 279 g/mol. The number of hydrogen-bond acceptors (Lipinski definition) is 2. The van der Waals surface area contributed by atoms with E-state index in [2.05, 4.69) is 29.3 Å². The van der Waals surface area contributed by atoms with Gasteiger partial charge in [0.1, 0.15) is 0 Å². The first kappa shape index (κ1) is 13.4. The Hall–Kier alpha value is -0.570. The van der Waals surface area contributed by atoms with Crippen molar-refractivity contribution in [3.8, 4) is 0 Å². The van der Waals surface area contributed by atoms with Crippen molar-refractivity contribution in [3.63, 3.8) is 0 Å². The summed E-state index contributed by atoms with van der Waals surface area (Å²) in [6.07, 6.45) is 4.10. The van der Waals surface area contributed by atoms with Crippen molar-refractivity contribution in [2.75, 3.05) is 26.2 Å². The zero-order valence-electron chi connectivity index (χ0n) is 11.7. The third kappa shape index (κ3) is 3.13. The van der Waals surface area contributed by atoms with Crippen LogP contribution in [-0.2, 0) is 0 Å². The van der Waals surface area contributed by atoms with Crippen molar-refractivity contribution in [1.82, 2.24) is 10.2 Å². The van der Waals surface area contributed by atoms with Crippen molar-refractivity contribution in [3.05, 3.63) is 34.3 Å². The second-order valence-corrected chi connectivity index (χ2v) is 6.36. The molecule has 1 aliphatic carbocycles. The van der Waals surface area contributed by atoms with Gasteiger partial charge in [-0.05, 0) is 36.5 Å². The standard InChI is InChI=1S/C16H23ClN2/c1-12-3-2-4-14(17)16(12)15(11-13-5-6-13)19-9-7-18-8-10-19/h2-4,13,15,18H,5-11H2,1H3/t15-/m1/s1. The normalized spacial score (nSPS) is 22.4. The zero-order chi connectivity index (χ0) is 13.2. The van der Waals surface area contributed by atoms with Gasteiger partial charge in [0.2, 0.25) is 0 Å². The van der Waals surface area contributed by atoms with Crippen molar-refractivity contribution in [2.24, 2.45) is 5.92 Å². The molecule has 1 aromatic rings. The number of rotatable bonds is 4. The molecule has 3 heteroatoms. The van der Waals surface area contributed by atoms with Gasteiger partial charge < -0.3 is 5.32 Å². The lowest BCUT2D eigenvalue weighted by molar-refractivity contribution is 0.160. The number of piperazine rings is 1. The highest BCUT2D eigenvalue weighted by molar-refractivity contribution is 6.31. The van der Waals surface area contributed by atoms with Crippen LogP contribution in [0.15, 0.2) is 18.2 Å². The molecule has 19 heavy (non-hydrogen) atoms. The fourth-order valence-electron chi connectivity index (χ4n) is 3.18. The van der Waals surface area contributed by atoms with Gasteiger partial charge in [-0.15, -0.1) is 0 Å². The van der Waals surface area contributed by atoms with Crippen LogP contribution < -0.4 is 5.32 Å². The topological polar surface area (TPSA) is 15.3 Å². The third-order valence-electron chi connectivity index (χ3n) is 4.45. The van der Waals surface area contributed by atoms with Gasteiger partial charge >= 0.3 is 0 Å². The number of aryl methyl sites for hydroxylation is 1. The first-order valence-corrected chi connectivity index (χ1v) is 7.83. The first-order valence-electron chi connectivity index (χ1n) is 7.45. The molecule has 1 aliphatic heterocycles. The Morgan fingerprint density at radius 3 is 2.68 bits per heavy atom. The second kappa shape index (κ2) is 5.82. The van der Waals surface area contributed by atoms with Crippen LogP contribution in [0.3, 0.4) is 0 Å². The zero-order valence-corrected chi connectivity index (χ0v) is 12.4. The highest BCUT2D eigenvalue weighted by Crippen LogP contribution is 2.42. The molecule has 1 atom stereocenters. The van der Waals surface area contributed by atoms with Gasteiger partial charge in [-0.2, -0.15) is 0 Å². The van der Waals surface area contributed by atoms with E-state index >= 15 is 0 Å². The van der Waals surface area contributed by atoms with E-state index in [1.54, 1.807) is 0 Å². The number of hydrogen-bond donors (Lipinski definition) is 1. The van der Waals surface area contributed by atoms with E-state index in [1.807, 2.05) is 6.07 Å². The Morgan fingerprint density at radius 1 is 1.32 bits per heavy atom. The summed E-state index contributed by atoms with van der Waals surface area (Å²) in [5.74, 6) is 0.926. The summed E-state index contributed by atoms with van der Waals surface area (Å²) < 4.78 is 0. The summed E-state index contributed by atoms with van der Waals surface area (Å²) in [7, 11) is 0. The maximum absolute atomic E-state index is 6.51. The Balaban J connectivity index is 1.88. The molecule has 0 spiro atoms. The Kier molecular flexibility index (Phi) is 4.11. The number of halogens is 1. The van der Waals surface area contributed by atoms with E-state index in [4.69, 9.17) is 11.6 Å². The monoisotopic (exact) mass is 278 g/mol. The molecule has 1 heterocycles. The Bertz CT molecular complexity index is 416. The first-order chi connectivity index (χ1) is 9.25. The molecule has 0 amide bonds. The van der Waals surface area contributed by atoms with Crippen LogP contribution in [0.25, 0.3) is 0 Å². The largest absolute Gasteiger partial charge is 0.314 e. The number of nitrogens with zero attached hydrogens (tertiary/aromatic N) is 1. The molecule has 2 nitrogen and oxygen atoms in total. The summed E-state index contributed by atoms with van der Waals surface area (Å²) in [6, 6.07) is 6.82. The third-order valence-corrected chi connectivity index (χ3v) is 4.78. The van der Waals surface area contributed by atoms with Gasteiger partial charge in [-0.25, -0.2) is 0 Å². The lowest BCUT2D eigenvalue weighted by atomic mass is 9.95. The van der Waals surface area contributed by atoms with Gasteiger partial charge in [0, 0.05) is 37.2 Å². The highest BCUT2D eigenvalue weighted by atomic mass is 35.5. The molecule has 0 radical (unpaired) electrons. The quantitative estimate of drug-likeness (QED) is 0.908. The van der Waals surface area contributed by atoms with Crippen LogP contribution in [0.2, 0.25) is 5.02 Å². The molecule has 2 aliphatic rings. The molecule has 104 valence electrons. The van der Waals surface area contributed by atoms with Crippen LogP contribution >= 0.6 is 11.6 Å². The molecule has 0 aromatic heterocycles. The van der Waals surface area contributed by atoms with E-state index in [1.165, 1.54) is 30.4 Å². The molecule has 1 saturated carbocycles. The van der Waals surface area contributed by atoms with E-state index in [0.717, 1.165) is 37.1 Å². The van der Waals surface area contributed by atoms with E-state index in [0.29, 0.717) is 6.04 Å². The summed E-state index contributed by atoms with van der Waals surface area (Å²) in [5, 5.41) is 4.39. The lowest BCUT2D eigenvalue weighted by Gasteiger charge is -2.36. The SMILES string of the molecule is Cc1cccc(Cl)c1[C@@H](CC1CC1)N1CCNCC1. The lowest BCUT2D eigenvalue weighted by Crippen LogP contribution is -2.45. The van der Waals surface area contributed by atoms with Gasteiger partial charge in [0.25, 0.3) is 0 Å². The van der Waals surface area contributed by atoms with Crippen LogP contribution in [0.1, 0.15) is 36.4 Å². The van der Waals surface area contributed by atoms with Crippen molar-refractivity contribution < 1.29 is 0 Å². The maximum atomic E-state index is 6.51. The highest BCUT2D eigenvalue weighted by Gasteiger charge is 2.32. The van der Waals surface area contributed by atoms with Crippen LogP contribution in [-0.4, -0.2) is 31.1 Å². The van der Waals surface area contributed by atoms with Gasteiger partial charge in [0.15, 0.2) is 0 Å². The minimum Gasteiger partial charge on any atom is -0.314 e. The molecule has 1 N–H and O–H groups in total. The van der Waals surface area contributed by atoms with Crippen LogP contribution in [0.4, 0.5) is 0 Å². The van der Waals surface area contributed by atoms with Crippen molar-refractivity contribution in [2.45, 2.75) is 32.2 Å². The smallest absolute Gasteiger partial charge is 0.0456 e. The van der Waals surface area contributed by atoms with Gasteiger partial charge in [-0.1, -0.05) is 36.6 Å².